The predicted molar refractivity (Wildman–Crippen MR) is 79.7 cm³/mol. The molecule has 0 aromatic carbocycles. The molecule has 1 rings (SSSR count). The molecule has 2 atom stereocenters. The molecule has 18 heavy (non-hydrogen) atoms. The van der Waals surface area contributed by atoms with Crippen molar-refractivity contribution in [2.45, 2.75) is 33.1 Å². The third-order valence-corrected chi connectivity index (χ3v) is 4.10. The van der Waals surface area contributed by atoms with Gasteiger partial charge in [-0.05, 0) is 51.2 Å². The fourth-order valence-electron chi connectivity index (χ4n) is 3.11. The average Bonchev–Trinajstić information content (AvgIpc) is 2.72. The summed E-state index contributed by atoms with van der Waals surface area (Å²) in [5.41, 5.74) is 5.90. The van der Waals surface area contributed by atoms with E-state index in [1.807, 2.05) is 0 Å². The smallest absolute Gasteiger partial charge is 0.0109 e. The molecule has 0 aromatic rings. The van der Waals surface area contributed by atoms with Gasteiger partial charge in [-0.15, -0.1) is 0 Å². The molecular weight excluding hydrogens is 222 g/mol. The molecule has 2 unspecified atom stereocenters. The van der Waals surface area contributed by atoms with Gasteiger partial charge in [0.05, 0.1) is 0 Å². The Kier molecular flexibility index (Phi) is 7.20. The Morgan fingerprint density at radius 1 is 1.11 bits per heavy atom. The minimum Gasteiger partial charge on any atom is -0.330 e. The highest BCUT2D eigenvalue weighted by molar-refractivity contribution is 4.81. The first kappa shape index (κ1) is 15.9. The molecule has 3 heteroatoms. The van der Waals surface area contributed by atoms with Crippen molar-refractivity contribution in [2.24, 2.45) is 23.5 Å². The van der Waals surface area contributed by atoms with E-state index in [1.54, 1.807) is 0 Å². The number of hydrogen-bond acceptors (Lipinski definition) is 3. The van der Waals surface area contributed by atoms with Crippen molar-refractivity contribution in [1.29, 1.82) is 0 Å². The van der Waals surface area contributed by atoms with Gasteiger partial charge in [-0.25, -0.2) is 0 Å². The summed E-state index contributed by atoms with van der Waals surface area (Å²) >= 11 is 0. The van der Waals surface area contributed by atoms with Crippen molar-refractivity contribution in [1.82, 2.24) is 9.80 Å². The molecular formula is C15H33N3. The Labute approximate surface area is 114 Å². The summed E-state index contributed by atoms with van der Waals surface area (Å²) in [7, 11) is 4.32. The Morgan fingerprint density at radius 2 is 1.78 bits per heavy atom. The molecule has 1 saturated carbocycles. The largest absolute Gasteiger partial charge is 0.330 e. The Hall–Kier alpha value is -0.120. The van der Waals surface area contributed by atoms with Crippen LogP contribution < -0.4 is 5.73 Å². The van der Waals surface area contributed by atoms with Crippen LogP contribution in [-0.4, -0.2) is 56.6 Å². The zero-order chi connectivity index (χ0) is 13.5. The fourth-order valence-corrected chi connectivity index (χ4v) is 3.11. The van der Waals surface area contributed by atoms with Gasteiger partial charge in [0.15, 0.2) is 0 Å². The van der Waals surface area contributed by atoms with Gasteiger partial charge < -0.3 is 15.5 Å². The first-order valence-electron chi connectivity index (χ1n) is 7.60. The zero-order valence-corrected chi connectivity index (χ0v) is 12.9. The normalized spacial score (nSPS) is 24.7. The van der Waals surface area contributed by atoms with Gasteiger partial charge in [0.2, 0.25) is 0 Å². The third-order valence-electron chi connectivity index (χ3n) is 4.10. The fraction of sp³-hybridized carbons (Fsp3) is 1.00. The van der Waals surface area contributed by atoms with Gasteiger partial charge in [-0.1, -0.05) is 20.3 Å². The van der Waals surface area contributed by atoms with E-state index in [1.165, 1.54) is 38.9 Å². The van der Waals surface area contributed by atoms with E-state index >= 15 is 0 Å². The molecule has 0 bridgehead atoms. The summed E-state index contributed by atoms with van der Waals surface area (Å²) < 4.78 is 0. The number of rotatable bonds is 8. The van der Waals surface area contributed by atoms with Gasteiger partial charge in [0, 0.05) is 26.2 Å². The first-order valence-corrected chi connectivity index (χ1v) is 7.60. The van der Waals surface area contributed by atoms with Crippen molar-refractivity contribution in [3.63, 3.8) is 0 Å². The van der Waals surface area contributed by atoms with Crippen LogP contribution in [0.3, 0.4) is 0 Å². The molecule has 0 aliphatic heterocycles. The molecule has 1 aliphatic carbocycles. The molecule has 0 spiro atoms. The van der Waals surface area contributed by atoms with Crippen LogP contribution in [0.5, 0.6) is 0 Å². The third kappa shape index (κ3) is 5.68. The lowest BCUT2D eigenvalue weighted by atomic mass is 9.95. The summed E-state index contributed by atoms with van der Waals surface area (Å²) in [4.78, 5) is 4.94. The summed E-state index contributed by atoms with van der Waals surface area (Å²) in [5.74, 6) is 2.37. The summed E-state index contributed by atoms with van der Waals surface area (Å²) in [6, 6.07) is 0. The lowest BCUT2D eigenvalue weighted by molar-refractivity contribution is 0.174. The van der Waals surface area contributed by atoms with Crippen LogP contribution in [0.15, 0.2) is 0 Å². The van der Waals surface area contributed by atoms with E-state index in [0.717, 1.165) is 30.8 Å². The van der Waals surface area contributed by atoms with Gasteiger partial charge in [-0.2, -0.15) is 0 Å². The highest BCUT2D eigenvalue weighted by Crippen LogP contribution is 2.31. The summed E-state index contributed by atoms with van der Waals surface area (Å²) in [6.45, 7) is 10.4. The van der Waals surface area contributed by atoms with Crippen molar-refractivity contribution in [3.8, 4) is 0 Å². The molecule has 1 fully saturated rings. The van der Waals surface area contributed by atoms with Crippen LogP contribution in [0.25, 0.3) is 0 Å². The van der Waals surface area contributed by atoms with Crippen molar-refractivity contribution < 1.29 is 0 Å². The second-order valence-electron chi connectivity index (χ2n) is 6.64. The van der Waals surface area contributed by atoms with Gasteiger partial charge >= 0.3 is 0 Å². The molecule has 0 amide bonds. The zero-order valence-electron chi connectivity index (χ0n) is 12.9. The highest BCUT2D eigenvalue weighted by atomic mass is 15.2. The Bertz CT molecular complexity index is 216. The SMILES string of the molecule is CC(C)CN(CCN(C)C)CC1CCCC1CN. The van der Waals surface area contributed by atoms with E-state index in [0.29, 0.717) is 0 Å². The molecule has 0 heterocycles. The van der Waals surface area contributed by atoms with Crippen molar-refractivity contribution in [2.75, 3.05) is 46.8 Å². The first-order chi connectivity index (χ1) is 8.52. The minimum atomic E-state index is 0.755. The van der Waals surface area contributed by atoms with E-state index in [4.69, 9.17) is 5.73 Å². The molecule has 1 aliphatic rings. The standard InChI is InChI=1S/C15H33N3/c1-13(2)11-18(9-8-17(3)4)12-15-7-5-6-14(15)10-16/h13-15H,5-12,16H2,1-4H3. The second kappa shape index (κ2) is 8.13. The lowest BCUT2D eigenvalue weighted by Gasteiger charge is -2.30. The van der Waals surface area contributed by atoms with Crippen molar-refractivity contribution in [3.05, 3.63) is 0 Å². The summed E-state index contributed by atoms with van der Waals surface area (Å²) in [6.07, 6.45) is 4.12. The topological polar surface area (TPSA) is 32.5 Å². The molecule has 0 radical (unpaired) electrons. The molecule has 108 valence electrons. The highest BCUT2D eigenvalue weighted by Gasteiger charge is 2.27. The number of hydrogen-bond donors (Lipinski definition) is 1. The average molecular weight is 255 g/mol. The maximum absolute atomic E-state index is 5.90. The maximum Gasteiger partial charge on any atom is 0.0109 e. The summed E-state index contributed by atoms with van der Waals surface area (Å²) in [5, 5.41) is 0. The van der Waals surface area contributed by atoms with Crippen LogP contribution in [-0.2, 0) is 0 Å². The molecule has 0 saturated heterocycles. The predicted octanol–water partition coefficient (Wildman–Crippen LogP) is 1.88. The van der Waals surface area contributed by atoms with E-state index in [2.05, 4.69) is 37.7 Å². The van der Waals surface area contributed by atoms with Crippen molar-refractivity contribution >= 4 is 0 Å². The number of nitrogens with two attached hydrogens (primary N) is 1. The monoisotopic (exact) mass is 255 g/mol. The lowest BCUT2D eigenvalue weighted by Crippen LogP contribution is -2.39. The Balaban J connectivity index is 2.43. The quantitative estimate of drug-likeness (QED) is 0.719. The van der Waals surface area contributed by atoms with Crippen LogP contribution in [0.2, 0.25) is 0 Å². The number of likely N-dealkylation sites (N-methyl/N-ethyl adjacent to an activating group) is 1. The van der Waals surface area contributed by atoms with Gasteiger partial charge in [0.25, 0.3) is 0 Å². The van der Waals surface area contributed by atoms with Crippen LogP contribution in [0.1, 0.15) is 33.1 Å². The van der Waals surface area contributed by atoms with E-state index in [-0.39, 0.29) is 0 Å². The second-order valence-corrected chi connectivity index (χ2v) is 6.64. The van der Waals surface area contributed by atoms with Gasteiger partial charge in [-0.3, -0.25) is 0 Å². The minimum absolute atomic E-state index is 0.755. The number of nitrogens with zero attached hydrogens (tertiary/aromatic N) is 2. The van der Waals surface area contributed by atoms with E-state index < -0.39 is 0 Å². The molecule has 0 aromatic heterocycles. The maximum atomic E-state index is 5.90. The Morgan fingerprint density at radius 3 is 2.33 bits per heavy atom. The van der Waals surface area contributed by atoms with Crippen LogP contribution >= 0.6 is 0 Å². The molecule has 2 N–H and O–H groups in total. The van der Waals surface area contributed by atoms with Gasteiger partial charge in [0.1, 0.15) is 0 Å². The van der Waals surface area contributed by atoms with Crippen LogP contribution in [0, 0.1) is 17.8 Å². The van der Waals surface area contributed by atoms with E-state index in [9.17, 15) is 0 Å². The molecule has 3 nitrogen and oxygen atoms in total. The van der Waals surface area contributed by atoms with Crippen LogP contribution in [0.4, 0.5) is 0 Å².